The zero-order valence-electron chi connectivity index (χ0n) is 16.7. The lowest BCUT2D eigenvalue weighted by atomic mass is 10.1. The van der Waals surface area contributed by atoms with Crippen molar-refractivity contribution < 1.29 is 13.2 Å². The van der Waals surface area contributed by atoms with Crippen LogP contribution in [0.25, 0.3) is 0 Å². The van der Waals surface area contributed by atoms with Crippen molar-refractivity contribution >= 4 is 27.3 Å². The lowest BCUT2D eigenvalue weighted by Crippen LogP contribution is -2.29. The predicted octanol–water partition coefficient (Wildman–Crippen LogP) is 4.04. The highest BCUT2D eigenvalue weighted by Crippen LogP contribution is 2.32. The second-order valence-electron chi connectivity index (χ2n) is 7.29. The highest BCUT2D eigenvalue weighted by atomic mass is 32.2. The Hall–Kier alpha value is -3.19. The van der Waals surface area contributed by atoms with Crippen LogP contribution in [0.4, 0.5) is 11.4 Å². The summed E-state index contributed by atoms with van der Waals surface area (Å²) in [4.78, 5) is 18.8. The first-order valence-corrected chi connectivity index (χ1v) is 11.4. The number of carbonyl (C=O) groups is 1. The summed E-state index contributed by atoms with van der Waals surface area (Å²) in [6.07, 6.45) is 5.81. The van der Waals surface area contributed by atoms with Gasteiger partial charge in [-0.2, -0.15) is 0 Å². The van der Waals surface area contributed by atoms with Crippen LogP contribution in [0.3, 0.4) is 0 Å². The number of pyridine rings is 1. The first-order valence-electron chi connectivity index (χ1n) is 9.94. The summed E-state index contributed by atoms with van der Waals surface area (Å²) < 4.78 is 28.3. The number of sulfonamides is 1. The minimum absolute atomic E-state index is 0.145. The highest BCUT2D eigenvalue weighted by molar-refractivity contribution is 7.92. The first-order chi connectivity index (χ1) is 14.5. The van der Waals surface area contributed by atoms with Crippen LogP contribution < -0.4 is 9.62 Å². The van der Waals surface area contributed by atoms with Crippen molar-refractivity contribution in [3.63, 3.8) is 0 Å². The molecule has 0 radical (unpaired) electrons. The van der Waals surface area contributed by atoms with Crippen LogP contribution in [0, 0.1) is 0 Å². The summed E-state index contributed by atoms with van der Waals surface area (Å²) in [5.74, 6) is -0.145. The molecular formula is C23H23N3O3S. The van der Waals surface area contributed by atoms with Crippen LogP contribution in [0.15, 0.2) is 71.9 Å². The Labute approximate surface area is 176 Å². The maximum atomic E-state index is 12.9. The van der Waals surface area contributed by atoms with Crippen LogP contribution >= 0.6 is 0 Å². The van der Waals surface area contributed by atoms with Crippen molar-refractivity contribution in [1.29, 1.82) is 0 Å². The van der Waals surface area contributed by atoms with Crippen LogP contribution in [-0.2, 0) is 22.9 Å². The van der Waals surface area contributed by atoms with Crippen molar-refractivity contribution in [2.24, 2.45) is 0 Å². The number of amides is 1. The van der Waals surface area contributed by atoms with Crippen LogP contribution in [0.1, 0.15) is 34.8 Å². The molecule has 1 amide bonds. The van der Waals surface area contributed by atoms with Crippen molar-refractivity contribution in [3.8, 4) is 0 Å². The third-order valence-corrected chi connectivity index (χ3v) is 6.56. The highest BCUT2D eigenvalue weighted by Gasteiger charge is 2.26. The topological polar surface area (TPSA) is 79.4 Å². The molecule has 6 nitrogen and oxygen atoms in total. The number of fused-ring (bicyclic) bond motifs is 1. The number of hydrogen-bond donors (Lipinski definition) is 1. The van der Waals surface area contributed by atoms with Gasteiger partial charge in [-0.15, -0.1) is 0 Å². The van der Waals surface area contributed by atoms with Gasteiger partial charge in [-0.05, 0) is 60.4 Å². The van der Waals surface area contributed by atoms with E-state index in [4.69, 9.17) is 0 Å². The standard InChI is InChI=1S/C23H23N3O3S/c1-2-4-17-6-10-21(11-7-17)30(28,29)25-20-9-8-18-12-14-26(22(18)15-20)23(27)19-5-3-13-24-16-19/h3,5-11,13,15-16,25H,2,4,12,14H2,1H3. The molecule has 4 rings (SSSR count). The summed E-state index contributed by atoms with van der Waals surface area (Å²) in [5, 5.41) is 0. The number of carbonyl (C=O) groups excluding carboxylic acids is 1. The van der Waals surface area contributed by atoms with Gasteiger partial charge in [0.2, 0.25) is 0 Å². The molecule has 1 N–H and O–H groups in total. The van der Waals surface area contributed by atoms with Gasteiger partial charge in [-0.3, -0.25) is 14.5 Å². The van der Waals surface area contributed by atoms with Crippen molar-refractivity contribution in [2.45, 2.75) is 31.1 Å². The van der Waals surface area contributed by atoms with Gasteiger partial charge in [0.05, 0.1) is 16.1 Å². The number of nitrogens with zero attached hydrogens (tertiary/aromatic N) is 2. The molecule has 2 heterocycles. The summed E-state index contributed by atoms with van der Waals surface area (Å²) >= 11 is 0. The Morgan fingerprint density at radius 2 is 1.93 bits per heavy atom. The zero-order valence-corrected chi connectivity index (χ0v) is 17.5. The fourth-order valence-corrected chi connectivity index (χ4v) is 4.69. The van der Waals surface area contributed by atoms with Gasteiger partial charge in [-0.25, -0.2) is 8.42 Å². The molecule has 30 heavy (non-hydrogen) atoms. The fourth-order valence-electron chi connectivity index (χ4n) is 3.64. The summed E-state index contributed by atoms with van der Waals surface area (Å²) in [7, 11) is -3.72. The van der Waals surface area contributed by atoms with E-state index in [2.05, 4.69) is 16.6 Å². The van der Waals surface area contributed by atoms with Crippen molar-refractivity contribution in [1.82, 2.24) is 4.98 Å². The summed E-state index contributed by atoms with van der Waals surface area (Å²) in [6, 6.07) is 15.7. The van der Waals surface area contributed by atoms with Gasteiger partial charge in [0.25, 0.3) is 15.9 Å². The smallest absolute Gasteiger partial charge is 0.261 e. The van der Waals surface area contributed by atoms with E-state index in [0.29, 0.717) is 17.8 Å². The maximum Gasteiger partial charge on any atom is 0.261 e. The minimum atomic E-state index is -3.72. The second kappa shape index (κ2) is 8.28. The minimum Gasteiger partial charge on any atom is -0.308 e. The molecule has 0 atom stereocenters. The van der Waals surface area contributed by atoms with Crippen molar-refractivity contribution in [2.75, 3.05) is 16.2 Å². The first kappa shape index (κ1) is 20.1. The van der Waals surface area contributed by atoms with E-state index in [1.807, 2.05) is 18.2 Å². The zero-order chi connectivity index (χ0) is 21.1. The number of nitrogens with one attached hydrogen (secondary N) is 1. The largest absolute Gasteiger partial charge is 0.308 e. The molecule has 3 aromatic rings. The molecule has 0 saturated carbocycles. The van der Waals surface area contributed by atoms with E-state index >= 15 is 0 Å². The summed E-state index contributed by atoms with van der Waals surface area (Å²) in [5.41, 5.74) is 3.78. The molecule has 0 fully saturated rings. The van der Waals surface area contributed by atoms with Gasteiger partial charge >= 0.3 is 0 Å². The lowest BCUT2D eigenvalue weighted by Gasteiger charge is -2.18. The molecule has 0 aliphatic carbocycles. The summed E-state index contributed by atoms with van der Waals surface area (Å²) in [6.45, 7) is 2.64. The molecule has 0 saturated heterocycles. The Kier molecular flexibility index (Phi) is 5.55. The van der Waals surface area contributed by atoms with E-state index in [1.54, 1.807) is 47.5 Å². The van der Waals surface area contributed by atoms with E-state index in [-0.39, 0.29) is 10.8 Å². The number of aromatic nitrogens is 1. The fraction of sp³-hybridized carbons (Fsp3) is 0.217. The van der Waals surface area contributed by atoms with E-state index < -0.39 is 10.0 Å². The Morgan fingerprint density at radius 1 is 1.13 bits per heavy atom. The van der Waals surface area contributed by atoms with E-state index in [0.717, 1.165) is 36.1 Å². The maximum absolute atomic E-state index is 12.9. The van der Waals surface area contributed by atoms with Crippen LogP contribution in [-0.4, -0.2) is 25.9 Å². The number of benzene rings is 2. The quantitative estimate of drug-likeness (QED) is 0.652. The third-order valence-electron chi connectivity index (χ3n) is 5.16. The molecule has 2 aromatic carbocycles. The molecule has 0 spiro atoms. The van der Waals surface area contributed by atoms with Gasteiger partial charge in [0, 0.05) is 24.6 Å². The predicted molar refractivity (Wildman–Crippen MR) is 117 cm³/mol. The van der Waals surface area contributed by atoms with Crippen molar-refractivity contribution in [3.05, 3.63) is 83.7 Å². The monoisotopic (exact) mass is 421 g/mol. The average molecular weight is 422 g/mol. The number of rotatable bonds is 6. The third kappa shape index (κ3) is 4.07. The van der Waals surface area contributed by atoms with Gasteiger partial charge in [0.1, 0.15) is 0 Å². The normalized spacial score (nSPS) is 13.2. The Balaban J connectivity index is 1.57. The van der Waals surface area contributed by atoms with Gasteiger partial charge in [0.15, 0.2) is 0 Å². The van der Waals surface area contributed by atoms with Crippen LogP contribution in [0.2, 0.25) is 0 Å². The number of aryl methyl sites for hydroxylation is 1. The molecule has 0 unspecified atom stereocenters. The molecular weight excluding hydrogens is 398 g/mol. The second-order valence-corrected chi connectivity index (χ2v) is 8.97. The molecule has 1 aliphatic heterocycles. The lowest BCUT2D eigenvalue weighted by molar-refractivity contribution is 0.0989. The molecule has 154 valence electrons. The van der Waals surface area contributed by atoms with Gasteiger partial charge in [-0.1, -0.05) is 31.5 Å². The average Bonchev–Trinajstić information content (AvgIpc) is 3.17. The Morgan fingerprint density at radius 3 is 2.63 bits per heavy atom. The number of hydrogen-bond acceptors (Lipinski definition) is 4. The van der Waals surface area contributed by atoms with E-state index in [9.17, 15) is 13.2 Å². The molecule has 1 aromatic heterocycles. The van der Waals surface area contributed by atoms with Gasteiger partial charge < -0.3 is 4.90 Å². The molecule has 0 bridgehead atoms. The van der Waals surface area contributed by atoms with E-state index in [1.165, 1.54) is 6.20 Å². The van der Waals surface area contributed by atoms with Crippen LogP contribution in [0.5, 0.6) is 0 Å². The molecule has 1 aliphatic rings. The Bertz CT molecular complexity index is 1160. The molecule has 7 heteroatoms. The SMILES string of the molecule is CCCc1ccc(S(=O)(=O)Nc2ccc3c(c2)N(C(=O)c2cccnc2)CC3)cc1. The number of anilines is 2.